The van der Waals surface area contributed by atoms with E-state index in [9.17, 15) is 0 Å². The Bertz CT molecular complexity index is 1250. The molecule has 4 aromatic rings. The number of rotatable bonds is 0. The number of hydrogen-bond acceptors (Lipinski definition) is 0. The Kier molecular flexibility index (Phi) is 3.10. The topological polar surface area (TPSA) is 0 Å². The summed E-state index contributed by atoms with van der Waals surface area (Å²) in [5.74, 6) is 0. The average molecular weight is 379 g/mol. The fraction of sp³-hybridized carbons (Fsp3) is 0.111. The van der Waals surface area contributed by atoms with E-state index in [0.29, 0.717) is 0 Å². The second kappa shape index (κ2) is 5.37. The van der Waals surface area contributed by atoms with Gasteiger partial charge in [0.1, 0.15) is 0 Å². The van der Waals surface area contributed by atoms with Crippen molar-refractivity contribution in [3.05, 3.63) is 117 Å². The third kappa shape index (κ3) is 1.77. The summed E-state index contributed by atoms with van der Waals surface area (Å²) in [5.41, 5.74) is 13.1. The SMILES string of the molecule is Cc1cc(C)c2c(c1)-c1ccc(Cl)cc1C21c2ccccc2-c2ccccc21. The second-order valence-corrected chi connectivity index (χ2v) is 8.47. The summed E-state index contributed by atoms with van der Waals surface area (Å²) >= 11 is 6.55. The van der Waals surface area contributed by atoms with E-state index in [1.165, 1.54) is 55.6 Å². The molecule has 1 heteroatoms. The van der Waals surface area contributed by atoms with Gasteiger partial charge in [0, 0.05) is 5.02 Å². The number of aryl methyl sites for hydroxylation is 2. The van der Waals surface area contributed by atoms with E-state index < -0.39 is 0 Å². The molecule has 28 heavy (non-hydrogen) atoms. The Morgan fingerprint density at radius 3 is 1.89 bits per heavy atom. The fourth-order valence-corrected chi connectivity index (χ4v) is 5.84. The Hall–Kier alpha value is -2.83. The zero-order chi connectivity index (χ0) is 19.0. The molecule has 0 radical (unpaired) electrons. The van der Waals surface area contributed by atoms with Crippen molar-refractivity contribution in [3.63, 3.8) is 0 Å². The van der Waals surface area contributed by atoms with Gasteiger partial charge in [-0.1, -0.05) is 83.9 Å². The molecule has 0 saturated carbocycles. The summed E-state index contributed by atoms with van der Waals surface area (Å²) in [6.07, 6.45) is 0. The van der Waals surface area contributed by atoms with Crippen LogP contribution in [0.3, 0.4) is 0 Å². The van der Waals surface area contributed by atoms with E-state index in [0.717, 1.165) is 5.02 Å². The van der Waals surface area contributed by atoms with Gasteiger partial charge >= 0.3 is 0 Å². The molecule has 2 aliphatic rings. The number of hydrogen-bond donors (Lipinski definition) is 0. The highest BCUT2D eigenvalue weighted by Gasteiger charge is 2.52. The summed E-state index contributed by atoms with van der Waals surface area (Å²) in [6, 6.07) is 28.8. The molecule has 134 valence electrons. The molecule has 1 spiro atoms. The van der Waals surface area contributed by atoms with E-state index >= 15 is 0 Å². The first-order valence-electron chi connectivity index (χ1n) is 9.74. The normalized spacial score (nSPS) is 14.5. The Morgan fingerprint density at radius 1 is 0.607 bits per heavy atom. The highest BCUT2D eigenvalue weighted by Crippen LogP contribution is 2.63. The van der Waals surface area contributed by atoms with Crippen LogP contribution in [0.2, 0.25) is 5.02 Å². The van der Waals surface area contributed by atoms with Gasteiger partial charge in [-0.25, -0.2) is 0 Å². The molecule has 0 fully saturated rings. The summed E-state index contributed by atoms with van der Waals surface area (Å²) in [5, 5.41) is 0.794. The van der Waals surface area contributed by atoms with Crippen LogP contribution >= 0.6 is 11.6 Å². The van der Waals surface area contributed by atoms with Crippen molar-refractivity contribution >= 4 is 11.6 Å². The lowest BCUT2D eigenvalue weighted by atomic mass is 9.69. The lowest BCUT2D eigenvalue weighted by molar-refractivity contribution is 0.786. The van der Waals surface area contributed by atoms with Crippen LogP contribution < -0.4 is 0 Å². The minimum absolute atomic E-state index is 0.291. The molecule has 4 aromatic carbocycles. The fourth-order valence-electron chi connectivity index (χ4n) is 5.67. The third-order valence-electron chi connectivity index (χ3n) is 6.48. The molecule has 0 bridgehead atoms. The van der Waals surface area contributed by atoms with Gasteiger partial charge in [-0.3, -0.25) is 0 Å². The van der Waals surface area contributed by atoms with Crippen LogP contribution in [0.5, 0.6) is 0 Å². The molecular weight excluding hydrogens is 360 g/mol. The van der Waals surface area contributed by atoms with Crippen molar-refractivity contribution in [2.75, 3.05) is 0 Å². The second-order valence-electron chi connectivity index (χ2n) is 8.04. The van der Waals surface area contributed by atoms with Crippen molar-refractivity contribution in [1.29, 1.82) is 0 Å². The molecule has 0 nitrogen and oxygen atoms in total. The smallest absolute Gasteiger partial charge is 0.0728 e. The molecule has 0 saturated heterocycles. The van der Waals surface area contributed by atoms with Gasteiger partial charge in [-0.2, -0.15) is 0 Å². The Morgan fingerprint density at radius 2 is 1.21 bits per heavy atom. The average Bonchev–Trinajstić information content (AvgIpc) is 3.14. The maximum atomic E-state index is 6.55. The quantitative estimate of drug-likeness (QED) is 0.260. The van der Waals surface area contributed by atoms with E-state index in [1.807, 2.05) is 6.07 Å². The molecule has 0 aromatic heterocycles. The van der Waals surface area contributed by atoms with Gasteiger partial charge in [-0.05, 0) is 76.1 Å². The van der Waals surface area contributed by atoms with Gasteiger partial charge in [0.25, 0.3) is 0 Å². The molecular formula is C27H19Cl. The first-order chi connectivity index (χ1) is 13.6. The van der Waals surface area contributed by atoms with Crippen LogP contribution in [0.1, 0.15) is 33.4 Å². The van der Waals surface area contributed by atoms with Gasteiger partial charge < -0.3 is 0 Å². The van der Waals surface area contributed by atoms with Crippen molar-refractivity contribution in [2.45, 2.75) is 19.3 Å². The van der Waals surface area contributed by atoms with Crippen LogP contribution in [0.15, 0.2) is 78.9 Å². The molecule has 0 amide bonds. The monoisotopic (exact) mass is 378 g/mol. The van der Waals surface area contributed by atoms with Crippen molar-refractivity contribution in [1.82, 2.24) is 0 Å². The molecule has 0 N–H and O–H groups in total. The van der Waals surface area contributed by atoms with Crippen LogP contribution in [-0.4, -0.2) is 0 Å². The summed E-state index contributed by atoms with van der Waals surface area (Å²) in [7, 11) is 0. The van der Waals surface area contributed by atoms with Crippen LogP contribution in [0.4, 0.5) is 0 Å². The maximum absolute atomic E-state index is 6.55. The number of fused-ring (bicyclic) bond motifs is 10. The predicted molar refractivity (Wildman–Crippen MR) is 117 cm³/mol. The van der Waals surface area contributed by atoms with Crippen LogP contribution in [0, 0.1) is 13.8 Å². The van der Waals surface area contributed by atoms with Gasteiger partial charge in [0.2, 0.25) is 0 Å². The maximum Gasteiger partial charge on any atom is 0.0728 e. The lowest BCUT2D eigenvalue weighted by Crippen LogP contribution is -2.26. The lowest BCUT2D eigenvalue weighted by Gasteiger charge is -2.31. The van der Waals surface area contributed by atoms with Crippen LogP contribution in [-0.2, 0) is 5.41 Å². The Labute approximate surface area is 170 Å². The van der Waals surface area contributed by atoms with Crippen LogP contribution in [0.25, 0.3) is 22.3 Å². The molecule has 2 aliphatic carbocycles. The minimum atomic E-state index is -0.291. The predicted octanol–water partition coefficient (Wildman–Crippen LogP) is 7.30. The van der Waals surface area contributed by atoms with E-state index in [4.69, 9.17) is 11.6 Å². The van der Waals surface area contributed by atoms with E-state index in [2.05, 4.69) is 86.6 Å². The van der Waals surface area contributed by atoms with Gasteiger partial charge in [0.05, 0.1) is 5.41 Å². The molecule has 0 aliphatic heterocycles. The zero-order valence-corrected chi connectivity index (χ0v) is 16.6. The standard InChI is InChI=1S/C27H19Cl/c1-16-13-17(2)26-22(14-16)21-12-11-18(28)15-25(21)27(26)23-9-5-3-7-19(23)20-8-4-6-10-24(20)27/h3-15H,1-2H3. The summed E-state index contributed by atoms with van der Waals surface area (Å²) < 4.78 is 0. The van der Waals surface area contributed by atoms with Gasteiger partial charge in [-0.15, -0.1) is 0 Å². The first-order valence-corrected chi connectivity index (χ1v) is 10.1. The zero-order valence-electron chi connectivity index (χ0n) is 15.9. The van der Waals surface area contributed by atoms with E-state index in [-0.39, 0.29) is 5.41 Å². The summed E-state index contributed by atoms with van der Waals surface area (Å²) in [4.78, 5) is 0. The molecule has 6 rings (SSSR count). The number of benzene rings is 4. The molecule has 0 unspecified atom stereocenters. The Balaban J connectivity index is 1.90. The first kappa shape index (κ1) is 16.2. The molecule has 0 heterocycles. The largest absolute Gasteiger partial charge is 0.0843 e. The van der Waals surface area contributed by atoms with Crippen molar-refractivity contribution < 1.29 is 0 Å². The minimum Gasteiger partial charge on any atom is -0.0843 e. The molecule has 0 atom stereocenters. The third-order valence-corrected chi connectivity index (χ3v) is 6.72. The van der Waals surface area contributed by atoms with Crippen molar-refractivity contribution in [3.8, 4) is 22.3 Å². The summed E-state index contributed by atoms with van der Waals surface area (Å²) in [6.45, 7) is 4.44. The number of halogens is 1. The van der Waals surface area contributed by atoms with E-state index in [1.54, 1.807) is 0 Å². The highest BCUT2D eigenvalue weighted by molar-refractivity contribution is 6.30. The highest BCUT2D eigenvalue weighted by atomic mass is 35.5. The van der Waals surface area contributed by atoms with Crippen molar-refractivity contribution in [2.24, 2.45) is 0 Å². The van der Waals surface area contributed by atoms with Gasteiger partial charge in [0.15, 0.2) is 0 Å².